The molecule has 0 saturated heterocycles. The maximum absolute atomic E-state index is 5.10. The van der Waals surface area contributed by atoms with Gasteiger partial charge in [0.15, 0.2) is 0 Å². The average Bonchev–Trinajstić information content (AvgIpc) is 2.10. The number of hydrogen-bond acceptors (Lipinski definition) is 2. The third-order valence-electron chi connectivity index (χ3n) is 1.78. The van der Waals surface area contributed by atoms with Gasteiger partial charge in [0.1, 0.15) is 0 Å². The van der Waals surface area contributed by atoms with E-state index in [1.807, 2.05) is 24.3 Å². The van der Waals surface area contributed by atoms with Gasteiger partial charge in [0, 0.05) is 0 Å². The SMILES string of the molecule is [Li][c]1ccc(C(OC)OC)cc1. The number of benzene rings is 1. The summed E-state index contributed by atoms with van der Waals surface area (Å²) in [4.78, 5) is 0. The Morgan fingerprint density at radius 1 is 1.08 bits per heavy atom. The van der Waals surface area contributed by atoms with Crippen LogP contribution in [0.4, 0.5) is 0 Å². The molecule has 0 aliphatic heterocycles. The fraction of sp³-hybridized carbons (Fsp3) is 0.333. The summed E-state index contributed by atoms with van der Waals surface area (Å²) in [5.74, 6) is 0. The first-order chi connectivity index (χ1) is 5.77. The Kier molecular flexibility index (Phi) is 3.84. The van der Waals surface area contributed by atoms with Gasteiger partial charge in [-0.15, -0.1) is 0 Å². The summed E-state index contributed by atoms with van der Waals surface area (Å²) in [6, 6.07) is 8.10. The van der Waals surface area contributed by atoms with Gasteiger partial charge in [0.05, 0.1) is 0 Å². The van der Waals surface area contributed by atoms with Crippen LogP contribution >= 0.6 is 0 Å². The average molecular weight is 158 g/mol. The van der Waals surface area contributed by atoms with Gasteiger partial charge in [0.25, 0.3) is 0 Å². The van der Waals surface area contributed by atoms with Crippen LogP contribution in [-0.2, 0) is 9.47 Å². The molecule has 0 aromatic heterocycles. The third-order valence-corrected chi connectivity index (χ3v) is 1.78. The van der Waals surface area contributed by atoms with Crippen molar-refractivity contribution in [3.63, 3.8) is 0 Å². The van der Waals surface area contributed by atoms with Crippen molar-refractivity contribution in [2.24, 2.45) is 0 Å². The normalized spacial score (nSPS) is 10.8. The first kappa shape index (κ1) is 9.82. The molecule has 1 aromatic rings. The summed E-state index contributed by atoms with van der Waals surface area (Å²) in [6.07, 6.45) is -0.245. The topological polar surface area (TPSA) is 18.5 Å². The van der Waals surface area contributed by atoms with E-state index in [0.717, 1.165) is 5.56 Å². The molecule has 2 nitrogen and oxygen atoms in total. The molecule has 12 heavy (non-hydrogen) atoms. The molecule has 0 N–H and O–H groups in total. The Labute approximate surface area is 82.1 Å². The summed E-state index contributed by atoms with van der Waals surface area (Å²) < 4.78 is 11.4. The van der Waals surface area contributed by atoms with Crippen LogP contribution in [0.15, 0.2) is 24.3 Å². The van der Waals surface area contributed by atoms with Crippen molar-refractivity contribution in [3.05, 3.63) is 29.8 Å². The molecule has 1 rings (SSSR count). The van der Waals surface area contributed by atoms with E-state index in [9.17, 15) is 0 Å². The van der Waals surface area contributed by atoms with Gasteiger partial charge in [-0.25, -0.2) is 0 Å². The van der Waals surface area contributed by atoms with Crippen LogP contribution in [-0.4, -0.2) is 31.9 Å². The van der Waals surface area contributed by atoms with E-state index >= 15 is 0 Å². The standard InChI is InChI=1S/C9H11O2.Li/c1-10-9(11-2)8-6-4-3-5-7-8;/h4-7,9H,1-2H3;. The van der Waals surface area contributed by atoms with Crippen LogP contribution in [0.25, 0.3) is 0 Å². The molecule has 1 aromatic carbocycles. The zero-order chi connectivity index (χ0) is 8.97. The summed E-state index contributed by atoms with van der Waals surface area (Å²) in [5, 5.41) is 0. The number of rotatable bonds is 3. The first-order valence-corrected chi connectivity index (χ1v) is 3.90. The molecule has 0 heterocycles. The van der Waals surface area contributed by atoms with Crippen LogP contribution in [0.3, 0.4) is 0 Å². The second-order valence-electron chi connectivity index (χ2n) is 2.71. The van der Waals surface area contributed by atoms with Gasteiger partial charge < -0.3 is 0 Å². The summed E-state index contributed by atoms with van der Waals surface area (Å²) in [5.41, 5.74) is 1.05. The van der Waals surface area contributed by atoms with Gasteiger partial charge >= 0.3 is 81.8 Å². The zero-order valence-electron chi connectivity index (χ0n) is 7.70. The second kappa shape index (κ2) is 4.69. The van der Waals surface area contributed by atoms with E-state index in [1.54, 1.807) is 14.2 Å². The minimum absolute atomic E-state index is 0.245. The summed E-state index contributed by atoms with van der Waals surface area (Å²) in [6.45, 7) is 0. The fourth-order valence-electron chi connectivity index (χ4n) is 1.09. The van der Waals surface area contributed by atoms with E-state index in [1.165, 1.54) is 4.24 Å². The van der Waals surface area contributed by atoms with Crippen molar-refractivity contribution in [3.8, 4) is 0 Å². The Bertz CT molecular complexity index is 229. The molecule has 0 saturated carbocycles. The van der Waals surface area contributed by atoms with Crippen molar-refractivity contribution in [2.75, 3.05) is 14.2 Å². The Balaban J connectivity index is 2.80. The zero-order valence-corrected chi connectivity index (χ0v) is 7.70. The van der Waals surface area contributed by atoms with Crippen molar-refractivity contribution >= 4 is 22.0 Å². The molecular weight excluding hydrogens is 147 g/mol. The van der Waals surface area contributed by atoms with Gasteiger partial charge in [-0.1, -0.05) is 0 Å². The van der Waals surface area contributed by atoms with Crippen LogP contribution in [0, 0.1) is 0 Å². The molecule has 0 radical (unpaired) electrons. The van der Waals surface area contributed by atoms with Crippen LogP contribution in [0.2, 0.25) is 0 Å². The van der Waals surface area contributed by atoms with E-state index < -0.39 is 0 Å². The van der Waals surface area contributed by atoms with E-state index in [4.69, 9.17) is 9.47 Å². The summed E-state index contributed by atoms with van der Waals surface area (Å²) >= 11 is 2.05. The van der Waals surface area contributed by atoms with Gasteiger partial charge in [-0.2, -0.15) is 0 Å². The number of methoxy groups -OCH3 is 2. The first-order valence-electron chi connectivity index (χ1n) is 3.90. The number of ether oxygens (including phenoxy) is 2. The predicted octanol–water partition coefficient (Wildman–Crippen LogP) is 0.772. The van der Waals surface area contributed by atoms with E-state index in [-0.39, 0.29) is 6.29 Å². The predicted molar refractivity (Wildman–Crippen MR) is 48.6 cm³/mol. The third kappa shape index (κ3) is 2.36. The molecule has 0 amide bonds. The fourth-order valence-corrected chi connectivity index (χ4v) is 1.09. The molecule has 0 aliphatic carbocycles. The van der Waals surface area contributed by atoms with Gasteiger partial charge in [-0.3, -0.25) is 0 Å². The van der Waals surface area contributed by atoms with Crippen LogP contribution in [0.5, 0.6) is 0 Å². The van der Waals surface area contributed by atoms with Crippen LogP contribution < -0.4 is 4.24 Å². The number of hydrogen-bond donors (Lipinski definition) is 0. The van der Waals surface area contributed by atoms with Gasteiger partial charge in [0.2, 0.25) is 0 Å². The van der Waals surface area contributed by atoms with E-state index in [2.05, 4.69) is 17.7 Å². The molecule has 0 bridgehead atoms. The molecule has 0 fully saturated rings. The quantitative estimate of drug-likeness (QED) is 0.478. The Morgan fingerprint density at radius 3 is 2.00 bits per heavy atom. The Hall–Kier alpha value is -0.263. The second-order valence-corrected chi connectivity index (χ2v) is 2.71. The van der Waals surface area contributed by atoms with Crippen molar-refractivity contribution in [1.82, 2.24) is 0 Å². The molecule has 0 atom stereocenters. The van der Waals surface area contributed by atoms with Crippen LogP contribution in [0.1, 0.15) is 11.9 Å². The Morgan fingerprint density at radius 2 is 1.58 bits per heavy atom. The molecule has 3 heteroatoms. The monoisotopic (exact) mass is 158 g/mol. The molecule has 0 aliphatic rings. The molecule has 60 valence electrons. The van der Waals surface area contributed by atoms with Crippen molar-refractivity contribution in [2.45, 2.75) is 6.29 Å². The van der Waals surface area contributed by atoms with Crippen molar-refractivity contribution in [1.29, 1.82) is 0 Å². The maximum atomic E-state index is 5.10. The molecular formula is C9H11LiO2. The minimum atomic E-state index is -0.245. The molecule has 0 unspecified atom stereocenters. The van der Waals surface area contributed by atoms with Gasteiger partial charge in [-0.05, 0) is 0 Å². The van der Waals surface area contributed by atoms with E-state index in [0.29, 0.717) is 0 Å². The summed E-state index contributed by atoms with van der Waals surface area (Å²) in [7, 11) is 3.27. The van der Waals surface area contributed by atoms with Crippen molar-refractivity contribution < 1.29 is 9.47 Å². The molecule has 0 spiro atoms.